The molecule has 1 aromatic rings. The van der Waals surface area contributed by atoms with E-state index in [1.54, 1.807) is 0 Å². The molecule has 62 valence electrons. The molecule has 0 bridgehead atoms. The summed E-state index contributed by atoms with van der Waals surface area (Å²) in [5, 5.41) is -0.186. The van der Waals surface area contributed by atoms with Crippen LogP contribution < -0.4 is 22.1 Å². The molecule has 6 nitrogen and oxygen atoms in total. The Morgan fingerprint density at radius 3 is 3.00 bits per heavy atom. The maximum Gasteiger partial charge on any atom is 0.280 e. The summed E-state index contributed by atoms with van der Waals surface area (Å²) < 4.78 is 0. The number of H-pyrrole nitrogens is 1. The number of halogens is 1. The Bertz CT molecular complexity index is 492. The van der Waals surface area contributed by atoms with Gasteiger partial charge in [0.1, 0.15) is 0 Å². The van der Waals surface area contributed by atoms with Crippen molar-refractivity contribution in [1.82, 2.24) is 9.97 Å². The van der Waals surface area contributed by atoms with Gasteiger partial charge in [0.2, 0.25) is 5.95 Å². The number of nitrogens with two attached hydrogens (primary N) is 1. The van der Waals surface area contributed by atoms with E-state index < -0.39 is 5.08 Å². The zero-order chi connectivity index (χ0) is 8.72. The fourth-order valence-corrected chi connectivity index (χ4v) is 1.31. The molecule has 3 N–H and O–H groups in total. The van der Waals surface area contributed by atoms with Crippen LogP contribution >= 0.6 is 15.9 Å². The summed E-state index contributed by atoms with van der Waals surface area (Å²) in [6.07, 6.45) is 0. The average molecular weight is 230 g/mol. The standard InChI is InChI=1S/C5H4BrN5O/c6-4-8-1-2(9-4)10-5(7)11-3(1)12/h4H,(H3,7,9,10,11,12). The lowest BCUT2D eigenvalue weighted by Crippen LogP contribution is -2.41. The molecule has 7 heteroatoms. The first kappa shape index (κ1) is 7.41. The SMILES string of the molecule is Nc1nc2c(c(=O)[nH]1)=NC(Br)N=2. The van der Waals surface area contributed by atoms with E-state index in [1.807, 2.05) is 0 Å². The van der Waals surface area contributed by atoms with E-state index in [2.05, 4.69) is 35.9 Å². The van der Waals surface area contributed by atoms with Gasteiger partial charge in [-0.2, -0.15) is 4.98 Å². The number of rotatable bonds is 0. The number of aromatic nitrogens is 2. The molecule has 0 radical (unpaired) electrons. The number of fused-ring (bicyclic) bond motifs is 1. The maximum atomic E-state index is 11.1. The molecule has 1 atom stereocenters. The molecule has 0 saturated heterocycles. The monoisotopic (exact) mass is 229 g/mol. The van der Waals surface area contributed by atoms with Crippen LogP contribution in [0.5, 0.6) is 0 Å². The molecule has 1 aromatic heterocycles. The van der Waals surface area contributed by atoms with Gasteiger partial charge in [-0.15, -0.1) is 0 Å². The average Bonchev–Trinajstić information content (AvgIpc) is 2.29. The van der Waals surface area contributed by atoms with E-state index >= 15 is 0 Å². The first-order valence-corrected chi connectivity index (χ1v) is 4.04. The van der Waals surface area contributed by atoms with Crippen LogP contribution in [0.4, 0.5) is 5.95 Å². The van der Waals surface area contributed by atoms with Crippen LogP contribution in [0.2, 0.25) is 0 Å². The van der Waals surface area contributed by atoms with Gasteiger partial charge >= 0.3 is 0 Å². The van der Waals surface area contributed by atoms with Gasteiger partial charge in [-0.05, 0) is 15.9 Å². The van der Waals surface area contributed by atoms with E-state index in [-0.39, 0.29) is 22.4 Å². The van der Waals surface area contributed by atoms with Crippen molar-refractivity contribution < 1.29 is 0 Å². The summed E-state index contributed by atoms with van der Waals surface area (Å²) in [5.74, 6) is 0.0549. The summed E-state index contributed by atoms with van der Waals surface area (Å²) in [7, 11) is 0. The van der Waals surface area contributed by atoms with Crippen LogP contribution in [0.25, 0.3) is 0 Å². The van der Waals surface area contributed by atoms with E-state index in [4.69, 9.17) is 5.73 Å². The van der Waals surface area contributed by atoms with Crippen molar-refractivity contribution in [3.8, 4) is 0 Å². The molecule has 2 heterocycles. The number of nitrogens with one attached hydrogen (secondary N) is 1. The molecule has 12 heavy (non-hydrogen) atoms. The second kappa shape index (κ2) is 2.37. The number of aromatic amines is 1. The Morgan fingerprint density at radius 2 is 2.25 bits per heavy atom. The topological polar surface area (TPSA) is 96.5 Å². The van der Waals surface area contributed by atoms with Gasteiger partial charge in [-0.1, -0.05) is 0 Å². The van der Waals surface area contributed by atoms with E-state index in [0.29, 0.717) is 0 Å². The zero-order valence-electron chi connectivity index (χ0n) is 5.78. The minimum atomic E-state index is -0.414. The third-order valence-corrected chi connectivity index (χ3v) is 1.77. The molecule has 1 unspecified atom stereocenters. The van der Waals surface area contributed by atoms with Gasteiger partial charge in [0.25, 0.3) is 5.56 Å². The van der Waals surface area contributed by atoms with Gasteiger partial charge in [0.15, 0.2) is 15.9 Å². The molecule has 1 aliphatic rings. The summed E-state index contributed by atoms with van der Waals surface area (Å²) in [6.45, 7) is 0. The second-order valence-corrected chi connectivity index (χ2v) is 3.01. The van der Waals surface area contributed by atoms with Gasteiger partial charge < -0.3 is 5.73 Å². The highest BCUT2D eigenvalue weighted by molar-refractivity contribution is 9.09. The third-order valence-electron chi connectivity index (χ3n) is 1.36. The normalized spacial score (nSPS) is 19.6. The first-order valence-electron chi connectivity index (χ1n) is 3.12. The lowest BCUT2D eigenvalue weighted by atomic mass is 10.6. The molecular weight excluding hydrogens is 226 g/mol. The Morgan fingerprint density at radius 1 is 1.50 bits per heavy atom. The number of hydrogen-bond donors (Lipinski definition) is 2. The Kier molecular flexibility index (Phi) is 1.47. The van der Waals surface area contributed by atoms with Gasteiger partial charge in [-0.25, -0.2) is 9.98 Å². The van der Waals surface area contributed by atoms with Gasteiger partial charge in [-0.3, -0.25) is 9.78 Å². The summed E-state index contributed by atoms with van der Waals surface area (Å²) in [4.78, 5) is 25.0. The van der Waals surface area contributed by atoms with Crippen LogP contribution in [0.15, 0.2) is 14.8 Å². The van der Waals surface area contributed by atoms with E-state index in [0.717, 1.165) is 0 Å². The predicted molar refractivity (Wildman–Crippen MR) is 44.3 cm³/mol. The van der Waals surface area contributed by atoms with Crippen molar-refractivity contribution in [3.05, 3.63) is 21.2 Å². The molecule has 0 amide bonds. The third kappa shape index (κ3) is 1.02. The predicted octanol–water partition coefficient (Wildman–Crippen LogP) is -1.72. The quantitative estimate of drug-likeness (QED) is 0.410. The minimum Gasteiger partial charge on any atom is -0.369 e. The van der Waals surface area contributed by atoms with Crippen molar-refractivity contribution in [2.24, 2.45) is 9.98 Å². The fourth-order valence-electron chi connectivity index (χ4n) is 0.915. The summed E-state index contributed by atoms with van der Waals surface area (Å²) >= 11 is 3.11. The molecule has 0 aromatic carbocycles. The van der Waals surface area contributed by atoms with Crippen molar-refractivity contribution in [2.75, 3.05) is 5.73 Å². The van der Waals surface area contributed by atoms with Gasteiger partial charge in [0.05, 0.1) is 0 Å². The molecule has 0 aliphatic carbocycles. The highest BCUT2D eigenvalue weighted by atomic mass is 79.9. The second-order valence-electron chi connectivity index (χ2n) is 2.19. The van der Waals surface area contributed by atoms with Gasteiger partial charge in [0, 0.05) is 0 Å². The lowest BCUT2D eigenvalue weighted by Gasteiger charge is -1.86. The molecule has 0 saturated carbocycles. The van der Waals surface area contributed by atoms with Crippen LogP contribution in [0.1, 0.15) is 0 Å². The number of alkyl halides is 1. The number of nitrogens with zero attached hydrogens (tertiary/aromatic N) is 3. The lowest BCUT2D eigenvalue weighted by molar-refractivity contribution is 0.984. The first-order chi connectivity index (χ1) is 5.66. The molecular formula is C5H4BrN5O. The van der Waals surface area contributed by atoms with E-state index in [1.165, 1.54) is 0 Å². The molecule has 2 rings (SSSR count). The van der Waals surface area contributed by atoms with Crippen LogP contribution in [0, 0.1) is 0 Å². The number of nitrogen functional groups attached to an aromatic ring is 1. The molecule has 1 aliphatic heterocycles. The van der Waals surface area contributed by atoms with Crippen molar-refractivity contribution >= 4 is 21.9 Å². The van der Waals surface area contributed by atoms with Crippen molar-refractivity contribution in [2.45, 2.75) is 5.08 Å². The van der Waals surface area contributed by atoms with Crippen LogP contribution in [0.3, 0.4) is 0 Å². The minimum absolute atomic E-state index is 0.0549. The number of hydrogen-bond acceptors (Lipinski definition) is 5. The highest BCUT2D eigenvalue weighted by Gasteiger charge is 2.09. The van der Waals surface area contributed by atoms with E-state index in [9.17, 15) is 4.79 Å². The summed E-state index contributed by atoms with van der Waals surface area (Å²) in [5.41, 5.74) is 5.23. The van der Waals surface area contributed by atoms with Crippen molar-refractivity contribution in [3.63, 3.8) is 0 Å². The zero-order valence-corrected chi connectivity index (χ0v) is 7.37. The van der Waals surface area contributed by atoms with Crippen LogP contribution in [-0.4, -0.2) is 15.0 Å². The smallest absolute Gasteiger partial charge is 0.280 e. The highest BCUT2D eigenvalue weighted by Crippen LogP contribution is 2.00. The Hall–Kier alpha value is -1.24. The van der Waals surface area contributed by atoms with Crippen molar-refractivity contribution in [1.29, 1.82) is 0 Å². The fraction of sp³-hybridized carbons (Fsp3) is 0.200. The number of anilines is 1. The summed E-state index contributed by atoms with van der Waals surface area (Å²) in [6, 6.07) is 0. The maximum absolute atomic E-state index is 11.1. The Balaban J connectivity index is 2.95. The molecule has 0 spiro atoms. The molecule has 0 fully saturated rings. The Labute approximate surface area is 74.4 Å². The largest absolute Gasteiger partial charge is 0.369 e. The van der Waals surface area contributed by atoms with Crippen LogP contribution in [-0.2, 0) is 0 Å².